The van der Waals surface area contributed by atoms with Gasteiger partial charge < -0.3 is 5.32 Å². The van der Waals surface area contributed by atoms with Crippen LogP contribution in [0.3, 0.4) is 0 Å². The van der Waals surface area contributed by atoms with Crippen LogP contribution in [0.5, 0.6) is 0 Å². The standard InChI is InChI=1S/C7H8ClF3N2S/c1-4(7(9,10)11)2-12-5-3-14-6(8)13-5/h3-4,12H,2H2,1H3. The van der Waals surface area contributed by atoms with Crippen LogP contribution >= 0.6 is 22.9 Å². The molecule has 1 aromatic rings. The molecule has 1 heterocycles. The van der Waals surface area contributed by atoms with E-state index in [0.29, 0.717) is 10.3 Å². The second-order valence-electron chi connectivity index (χ2n) is 2.81. The summed E-state index contributed by atoms with van der Waals surface area (Å²) in [6.45, 7) is 0.921. The van der Waals surface area contributed by atoms with Crippen LogP contribution < -0.4 is 5.32 Å². The third kappa shape index (κ3) is 3.34. The maximum absolute atomic E-state index is 12.1. The molecule has 0 aliphatic rings. The van der Waals surface area contributed by atoms with Crippen molar-refractivity contribution in [2.75, 3.05) is 11.9 Å². The number of hydrogen-bond donors (Lipinski definition) is 1. The van der Waals surface area contributed by atoms with Crippen molar-refractivity contribution in [2.24, 2.45) is 5.92 Å². The van der Waals surface area contributed by atoms with Gasteiger partial charge in [-0.05, 0) is 0 Å². The van der Waals surface area contributed by atoms with Crippen LogP contribution in [0.25, 0.3) is 0 Å². The van der Waals surface area contributed by atoms with Gasteiger partial charge in [-0.3, -0.25) is 0 Å². The number of nitrogens with one attached hydrogen (secondary N) is 1. The Balaban J connectivity index is 2.41. The summed E-state index contributed by atoms with van der Waals surface area (Å²) in [7, 11) is 0. The van der Waals surface area contributed by atoms with Gasteiger partial charge in [0.2, 0.25) is 0 Å². The van der Waals surface area contributed by atoms with E-state index < -0.39 is 12.1 Å². The molecular weight excluding hydrogens is 237 g/mol. The van der Waals surface area contributed by atoms with Crippen molar-refractivity contribution in [2.45, 2.75) is 13.1 Å². The molecule has 1 rings (SSSR count). The van der Waals surface area contributed by atoms with Crippen LogP contribution in [0, 0.1) is 5.92 Å². The highest BCUT2D eigenvalue weighted by Crippen LogP contribution is 2.26. The zero-order valence-electron chi connectivity index (χ0n) is 7.23. The van der Waals surface area contributed by atoms with E-state index in [4.69, 9.17) is 11.6 Å². The molecule has 0 aliphatic carbocycles. The lowest BCUT2D eigenvalue weighted by atomic mass is 10.2. The van der Waals surface area contributed by atoms with Crippen LogP contribution in [-0.2, 0) is 0 Å². The highest BCUT2D eigenvalue weighted by Gasteiger charge is 2.35. The number of aromatic nitrogens is 1. The van der Waals surface area contributed by atoms with E-state index in [9.17, 15) is 13.2 Å². The van der Waals surface area contributed by atoms with Gasteiger partial charge in [0.1, 0.15) is 5.82 Å². The first kappa shape index (κ1) is 11.6. The number of thiazole rings is 1. The molecule has 80 valence electrons. The fraction of sp³-hybridized carbons (Fsp3) is 0.571. The molecule has 0 saturated carbocycles. The third-order valence-electron chi connectivity index (χ3n) is 1.62. The van der Waals surface area contributed by atoms with E-state index in [1.807, 2.05) is 0 Å². The third-order valence-corrected chi connectivity index (χ3v) is 2.60. The SMILES string of the molecule is CC(CNc1csc(Cl)n1)C(F)(F)F. The Labute approximate surface area is 88.1 Å². The smallest absolute Gasteiger partial charge is 0.369 e. The second-order valence-corrected chi connectivity index (χ2v) is 4.25. The van der Waals surface area contributed by atoms with Gasteiger partial charge in [0, 0.05) is 11.9 Å². The number of alkyl halides is 3. The molecule has 1 atom stereocenters. The lowest BCUT2D eigenvalue weighted by Crippen LogP contribution is -2.26. The molecule has 0 amide bonds. The van der Waals surface area contributed by atoms with Crippen molar-refractivity contribution in [3.05, 3.63) is 9.85 Å². The molecule has 0 bridgehead atoms. The molecule has 2 nitrogen and oxygen atoms in total. The molecule has 14 heavy (non-hydrogen) atoms. The lowest BCUT2D eigenvalue weighted by molar-refractivity contribution is -0.165. The molecule has 7 heteroatoms. The highest BCUT2D eigenvalue weighted by molar-refractivity contribution is 7.14. The summed E-state index contributed by atoms with van der Waals surface area (Å²) in [5.41, 5.74) is 0. The molecule has 0 saturated heterocycles. The lowest BCUT2D eigenvalue weighted by Gasteiger charge is -2.15. The summed E-state index contributed by atoms with van der Waals surface area (Å²) in [6, 6.07) is 0. The van der Waals surface area contributed by atoms with Crippen molar-refractivity contribution >= 4 is 28.8 Å². The summed E-state index contributed by atoms with van der Waals surface area (Å²) in [6.07, 6.45) is -4.17. The average Bonchev–Trinajstić information content (AvgIpc) is 2.45. The minimum Gasteiger partial charge on any atom is -0.369 e. The van der Waals surface area contributed by atoms with Crippen molar-refractivity contribution in [1.82, 2.24) is 4.98 Å². The molecule has 0 aromatic carbocycles. The predicted molar refractivity (Wildman–Crippen MR) is 50.8 cm³/mol. The summed E-state index contributed by atoms with van der Waals surface area (Å²) in [4.78, 5) is 3.77. The molecule has 1 N–H and O–H groups in total. The number of halogens is 4. The van der Waals surface area contributed by atoms with Gasteiger partial charge >= 0.3 is 6.18 Å². The molecular formula is C7H8ClF3N2S. The fourth-order valence-corrected chi connectivity index (χ4v) is 1.43. The monoisotopic (exact) mass is 244 g/mol. The Hall–Kier alpha value is -0.490. The number of nitrogens with zero attached hydrogens (tertiary/aromatic N) is 1. The maximum atomic E-state index is 12.1. The minimum atomic E-state index is -4.17. The first-order chi connectivity index (χ1) is 6.39. The Kier molecular flexibility index (Phi) is 3.60. The molecule has 0 aliphatic heterocycles. The van der Waals surface area contributed by atoms with Gasteiger partial charge in [0.15, 0.2) is 4.47 Å². The normalized spacial score (nSPS) is 14.1. The highest BCUT2D eigenvalue weighted by atomic mass is 35.5. The topological polar surface area (TPSA) is 24.9 Å². The van der Waals surface area contributed by atoms with Crippen LogP contribution in [0.4, 0.5) is 19.0 Å². The van der Waals surface area contributed by atoms with Gasteiger partial charge in [-0.2, -0.15) is 13.2 Å². The molecule has 1 aromatic heterocycles. The fourth-order valence-electron chi connectivity index (χ4n) is 0.706. The summed E-state index contributed by atoms with van der Waals surface area (Å²) >= 11 is 6.68. The van der Waals surface area contributed by atoms with Crippen molar-refractivity contribution in [3.63, 3.8) is 0 Å². The van der Waals surface area contributed by atoms with Crippen LogP contribution in [-0.4, -0.2) is 17.7 Å². The van der Waals surface area contributed by atoms with Crippen LogP contribution in [0.15, 0.2) is 5.38 Å². The molecule has 1 unspecified atom stereocenters. The quantitative estimate of drug-likeness (QED) is 0.881. The number of hydrogen-bond acceptors (Lipinski definition) is 3. The van der Waals surface area contributed by atoms with Gasteiger partial charge in [0.25, 0.3) is 0 Å². The maximum Gasteiger partial charge on any atom is 0.393 e. The zero-order chi connectivity index (χ0) is 10.8. The molecule has 0 radical (unpaired) electrons. The Bertz CT molecular complexity index is 299. The Morgan fingerprint density at radius 2 is 2.29 bits per heavy atom. The predicted octanol–water partition coefficient (Wildman–Crippen LogP) is 3.41. The Morgan fingerprint density at radius 1 is 1.64 bits per heavy atom. The van der Waals surface area contributed by atoms with E-state index in [1.54, 1.807) is 5.38 Å². The van der Waals surface area contributed by atoms with Crippen LogP contribution in [0.1, 0.15) is 6.92 Å². The van der Waals surface area contributed by atoms with E-state index in [1.165, 1.54) is 11.3 Å². The largest absolute Gasteiger partial charge is 0.393 e. The van der Waals surface area contributed by atoms with E-state index in [-0.39, 0.29) is 6.54 Å². The summed E-state index contributed by atoms with van der Waals surface area (Å²) in [5, 5.41) is 4.14. The number of rotatable bonds is 3. The van der Waals surface area contributed by atoms with Gasteiger partial charge in [-0.25, -0.2) is 4.98 Å². The van der Waals surface area contributed by atoms with Gasteiger partial charge in [0.05, 0.1) is 5.92 Å². The summed E-state index contributed by atoms with van der Waals surface area (Å²) < 4.78 is 36.5. The summed E-state index contributed by atoms with van der Waals surface area (Å²) in [5.74, 6) is -1.01. The van der Waals surface area contributed by atoms with Gasteiger partial charge in [-0.15, -0.1) is 11.3 Å². The Morgan fingerprint density at radius 3 is 2.71 bits per heavy atom. The second kappa shape index (κ2) is 4.35. The van der Waals surface area contributed by atoms with E-state index >= 15 is 0 Å². The van der Waals surface area contributed by atoms with E-state index in [0.717, 1.165) is 6.92 Å². The minimum absolute atomic E-state index is 0.191. The van der Waals surface area contributed by atoms with E-state index in [2.05, 4.69) is 10.3 Å². The molecule has 0 fully saturated rings. The van der Waals surface area contributed by atoms with Crippen molar-refractivity contribution < 1.29 is 13.2 Å². The van der Waals surface area contributed by atoms with Crippen LogP contribution in [0.2, 0.25) is 4.47 Å². The number of anilines is 1. The average molecular weight is 245 g/mol. The van der Waals surface area contributed by atoms with Gasteiger partial charge in [-0.1, -0.05) is 18.5 Å². The first-order valence-electron chi connectivity index (χ1n) is 3.81. The van der Waals surface area contributed by atoms with Crippen molar-refractivity contribution in [1.29, 1.82) is 0 Å². The first-order valence-corrected chi connectivity index (χ1v) is 5.07. The van der Waals surface area contributed by atoms with Crippen molar-refractivity contribution in [3.8, 4) is 0 Å². The zero-order valence-corrected chi connectivity index (χ0v) is 8.80. The molecule has 0 spiro atoms.